The molecule has 0 amide bonds. The van der Waals surface area contributed by atoms with Crippen LogP contribution in [0.1, 0.15) is 0 Å². The first kappa shape index (κ1) is 10.3. The molecule has 0 N–H and O–H groups in total. The van der Waals surface area contributed by atoms with Gasteiger partial charge in [0.25, 0.3) is 0 Å². The second-order valence-electron chi connectivity index (χ2n) is 2.61. The van der Waals surface area contributed by atoms with Crippen LogP contribution in [0.25, 0.3) is 0 Å². The smallest absolute Gasteiger partial charge is 0.263 e. The minimum Gasteiger partial charge on any atom is -0.263 e. The van der Waals surface area contributed by atoms with Crippen molar-refractivity contribution in [3.63, 3.8) is 0 Å². The van der Waals surface area contributed by atoms with Crippen LogP contribution < -0.4 is 0 Å². The van der Waals surface area contributed by atoms with Gasteiger partial charge in [-0.25, -0.2) is 0 Å². The molecule has 66 valence electrons. The molecule has 0 aromatic rings. The molecular formula is C6H12F3N2+. The first-order chi connectivity index (χ1) is 4.76. The highest BCUT2D eigenvalue weighted by atomic mass is 19.4. The quantitative estimate of drug-likeness (QED) is 0.295. The van der Waals surface area contributed by atoms with Crippen molar-refractivity contribution in [1.29, 1.82) is 0 Å². The fourth-order valence-electron chi connectivity index (χ4n) is 0.907. The Morgan fingerprint density at radius 2 is 1.55 bits per heavy atom. The Labute approximate surface area is 63.9 Å². The van der Waals surface area contributed by atoms with Crippen LogP contribution in [0, 0.1) is 0 Å². The van der Waals surface area contributed by atoms with Crippen LogP contribution in [-0.2, 0) is 0 Å². The molecule has 0 spiro atoms. The summed E-state index contributed by atoms with van der Waals surface area (Å²) >= 11 is 0. The molecule has 0 rings (SSSR count). The lowest BCUT2D eigenvalue weighted by atomic mass is 10.5. The SMILES string of the molecule is CN(C)C(=[N+](C)C)C(F)(F)F. The molecule has 0 aromatic carbocycles. The van der Waals surface area contributed by atoms with Crippen LogP contribution in [0.15, 0.2) is 0 Å². The van der Waals surface area contributed by atoms with E-state index in [4.69, 9.17) is 0 Å². The molecular weight excluding hydrogens is 157 g/mol. The van der Waals surface area contributed by atoms with Gasteiger partial charge < -0.3 is 0 Å². The number of hydrogen-bond acceptors (Lipinski definition) is 0. The summed E-state index contributed by atoms with van der Waals surface area (Å²) in [6, 6.07) is 0. The highest BCUT2D eigenvalue weighted by Gasteiger charge is 2.44. The van der Waals surface area contributed by atoms with Crippen molar-refractivity contribution in [2.45, 2.75) is 6.18 Å². The molecule has 0 bridgehead atoms. The van der Waals surface area contributed by atoms with Crippen LogP contribution in [0.5, 0.6) is 0 Å². The summed E-state index contributed by atoms with van der Waals surface area (Å²) in [5.74, 6) is -0.655. The van der Waals surface area contributed by atoms with E-state index in [9.17, 15) is 13.2 Å². The zero-order valence-electron chi connectivity index (χ0n) is 7.03. The third-order valence-electron chi connectivity index (χ3n) is 1.10. The standard InChI is InChI=1S/C6H12F3N2/c1-10(2)5(11(3)4)6(7,8)9/h1-4H3/q+1. The van der Waals surface area contributed by atoms with Gasteiger partial charge in [0.1, 0.15) is 0 Å². The van der Waals surface area contributed by atoms with E-state index in [2.05, 4.69) is 0 Å². The molecule has 0 unspecified atom stereocenters. The number of halogens is 3. The summed E-state index contributed by atoms with van der Waals surface area (Å²) < 4.78 is 37.3. The van der Waals surface area contributed by atoms with Crippen molar-refractivity contribution in [2.24, 2.45) is 0 Å². The van der Waals surface area contributed by atoms with E-state index in [0.717, 1.165) is 9.48 Å². The molecule has 0 heterocycles. The predicted molar refractivity (Wildman–Crippen MR) is 36.9 cm³/mol. The molecule has 0 aromatic heterocycles. The first-order valence-corrected chi connectivity index (χ1v) is 3.05. The Balaban J connectivity index is 4.80. The van der Waals surface area contributed by atoms with Gasteiger partial charge in [0.2, 0.25) is 0 Å². The molecule has 0 saturated heterocycles. The Bertz CT molecular complexity index is 165. The largest absolute Gasteiger partial charge is 0.494 e. The van der Waals surface area contributed by atoms with Crippen molar-refractivity contribution >= 4 is 5.84 Å². The van der Waals surface area contributed by atoms with Crippen molar-refractivity contribution < 1.29 is 17.7 Å². The van der Waals surface area contributed by atoms with Crippen molar-refractivity contribution in [2.75, 3.05) is 28.2 Å². The van der Waals surface area contributed by atoms with Crippen molar-refractivity contribution in [3.05, 3.63) is 0 Å². The lowest BCUT2D eigenvalue weighted by Gasteiger charge is -2.13. The second kappa shape index (κ2) is 3.11. The van der Waals surface area contributed by atoms with E-state index in [1.54, 1.807) is 0 Å². The number of amidine groups is 1. The van der Waals surface area contributed by atoms with Crippen LogP contribution in [0.4, 0.5) is 13.2 Å². The molecule has 0 fully saturated rings. The topological polar surface area (TPSA) is 6.25 Å². The normalized spacial score (nSPS) is 11.2. The van der Waals surface area contributed by atoms with Crippen LogP contribution >= 0.6 is 0 Å². The van der Waals surface area contributed by atoms with Gasteiger partial charge in [0, 0.05) is 0 Å². The maximum absolute atomic E-state index is 12.1. The van der Waals surface area contributed by atoms with Gasteiger partial charge in [0.05, 0.1) is 28.2 Å². The molecule has 0 aliphatic rings. The summed E-state index contributed by atoms with van der Waals surface area (Å²) in [6.07, 6.45) is -4.27. The average molecular weight is 169 g/mol. The van der Waals surface area contributed by atoms with Gasteiger partial charge in [0.15, 0.2) is 0 Å². The van der Waals surface area contributed by atoms with Gasteiger partial charge in [-0.2, -0.15) is 13.2 Å². The van der Waals surface area contributed by atoms with Gasteiger partial charge >= 0.3 is 12.0 Å². The van der Waals surface area contributed by atoms with E-state index in [-0.39, 0.29) is 0 Å². The Morgan fingerprint density at radius 1 is 1.18 bits per heavy atom. The van der Waals surface area contributed by atoms with Gasteiger partial charge in [-0.15, -0.1) is 0 Å². The zero-order chi connectivity index (χ0) is 9.23. The maximum Gasteiger partial charge on any atom is 0.494 e. The van der Waals surface area contributed by atoms with Gasteiger partial charge in [-0.05, 0) is 0 Å². The number of nitrogens with zero attached hydrogens (tertiary/aromatic N) is 2. The van der Waals surface area contributed by atoms with Crippen LogP contribution in [0.2, 0.25) is 0 Å². The van der Waals surface area contributed by atoms with Crippen LogP contribution in [0.3, 0.4) is 0 Å². The molecule has 5 heteroatoms. The van der Waals surface area contributed by atoms with Crippen LogP contribution in [-0.4, -0.2) is 49.7 Å². The molecule has 11 heavy (non-hydrogen) atoms. The van der Waals surface area contributed by atoms with Crippen molar-refractivity contribution in [1.82, 2.24) is 4.90 Å². The third kappa shape index (κ3) is 2.78. The number of hydrogen-bond donors (Lipinski definition) is 0. The summed E-state index contributed by atoms with van der Waals surface area (Å²) in [5.41, 5.74) is 0. The molecule has 0 radical (unpaired) electrons. The lowest BCUT2D eigenvalue weighted by Crippen LogP contribution is -2.41. The number of rotatable bonds is 0. The third-order valence-corrected chi connectivity index (χ3v) is 1.10. The number of alkyl halides is 3. The van der Waals surface area contributed by atoms with Crippen molar-refractivity contribution in [3.8, 4) is 0 Å². The Kier molecular flexibility index (Phi) is 2.90. The maximum atomic E-state index is 12.1. The average Bonchev–Trinajstić information content (AvgIpc) is 1.54. The summed E-state index contributed by atoms with van der Waals surface area (Å²) in [6.45, 7) is 0. The van der Waals surface area contributed by atoms with E-state index in [1.165, 1.54) is 28.2 Å². The fraction of sp³-hybridized carbons (Fsp3) is 0.833. The summed E-state index contributed by atoms with van der Waals surface area (Å²) in [7, 11) is 5.46. The Hall–Kier alpha value is -0.740. The highest BCUT2D eigenvalue weighted by Crippen LogP contribution is 2.17. The molecule has 0 saturated carbocycles. The monoisotopic (exact) mass is 169 g/mol. The predicted octanol–water partition coefficient (Wildman–Crippen LogP) is 0.781. The molecule has 0 aliphatic carbocycles. The summed E-state index contributed by atoms with van der Waals surface area (Å²) in [4.78, 5) is 1.04. The van der Waals surface area contributed by atoms with Gasteiger partial charge in [-0.3, -0.25) is 9.48 Å². The first-order valence-electron chi connectivity index (χ1n) is 3.05. The van der Waals surface area contributed by atoms with E-state index < -0.39 is 12.0 Å². The highest BCUT2D eigenvalue weighted by molar-refractivity contribution is 5.82. The second-order valence-corrected chi connectivity index (χ2v) is 2.61. The molecule has 0 atom stereocenters. The Morgan fingerprint density at radius 3 is 1.55 bits per heavy atom. The summed E-state index contributed by atoms with van der Waals surface area (Å²) in [5, 5.41) is 0. The van der Waals surface area contributed by atoms with E-state index in [1.807, 2.05) is 0 Å². The van der Waals surface area contributed by atoms with Gasteiger partial charge in [-0.1, -0.05) is 0 Å². The van der Waals surface area contributed by atoms with E-state index >= 15 is 0 Å². The minimum absolute atomic E-state index is 0.655. The fourth-order valence-corrected chi connectivity index (χ4v) is 0.907. The molecule has 0 aliphatic heterocycles. The zero-order valence-corrected chi connectivity index (χ0v) is 7.03. The minimum atomic E-state index is -4.27. The molecule has 2 nitrogen and oxygen atoms in total. The lowest BCUT2D eigenvalue weighted by molar-refractivity contribution is -0.479. The van der Waals surface area contributed by atoms with E-state index in [0.29, 0.717) is 0 Å².